The van der Waals surface area contributed by atoms with Gasteiger partial charge in [-0.1, -0.05) is 19.9 Å². The minimum Gasteiger partial charge on any atom is -0.494 e. The largest absolute Gasteiger partial charge is 0.494 e. The van der Waals surface area contributed by atoms with Crippen LogP contribution < -0.4 is 15.4 Å². The third-order valence-corrected chi connectivity index (χ3v) is 3.54. The lowest BCUT2D eigenvalue weighted by Gasteiger charge is -2.11. The lowest BCUT2D eigenvalue weighted by Crippen LogP contribution is -2.38. The Balaban J connectivity index is 1.83. The molecule has 1 aromatic carbocycles. The van der Waals surface area contributed by atoms with Gasteiger partial charge in [-0.15, -0.1) is 0 Å². The minimum absolute atomic E-state index is 0.252. The Kier molecular flexibility index (Phi) is 6.81. The zero-order valence-electron chi connectivity index (χ0n) is 13.9. The predicted octanol–water partition coefficient (Wildman–Crippen LogP) is 3.51. The fourth-order valence-electron chi connectivity index (χ4n) is 1.94. The summed E-state index contributed by atoms with van der Waals surface area (Å²) in [5, 5.41) is 5.82. The molecule has 6 heteroatoms. The Labute approximate surface area is 147 Å². The monoisotopic (exact) mass is 346 g/mol. The molecule has 0 saturated heterocycles. The quantitative estimate of drug-likeness (QED) is 0.751. The average molecular weight is 346 g/mol. The number of thiocarbonyl (C=S) groups is 1. The van der Waals surface area contributed by atoms with E-state index in [1.54, 1.807) is 30.5 Å². The van der Waals surface area contributed by atoms with Gasteiger partial charge in [0.25, 0.3) is 5.91 Å². The van der Waals surface area contributed by atoms with Crippen LogP contribution in [0.4, 0.5) is 0 Å². The van der Waals surface area contributed by atoms with E-state index in [1.165, 1.54) is 0 Å². The SMILES string of the molecule is CC(C)CCOc1cccc(C(=O)NC(=S)NCc2ccco2)c1. The summed E-state index contributed by atoms with van der Waals surface area (Å²) >= 11 is 5.12. The second-order valence-corrected chi connectivity index (χ2v) is 6.18. The summed E-state index contributed by atoms with van der Waals surface area (Å²) in [4.78, 5) is 12.2. The number of benzene rings is 1. The Bertz CT molecular complexity index is 669. The Morgan fingerprint density at radius 2 is 2.12 bits per heavy atom. The highest BCUT2D eigenvalue weighted by Gasteiger charge is 2.09. The van der Waals surface area contributed by atoms with E-state index in [1.807, 2.05) is 12.1 Å². The normalized spacial score (nSPS) is 10.5. The van der Waals surface area contributed by atoms with Crippen molar-refractivity contribution in [3.8, 4) is 5.75 Å². The summed E-state index contributed by atoms with van der Waals surface area (Å²) in [5.41, 5.74) is 0.499. The second kappa shape index (κ2) is 9.08. The van der Waals surface area contributed by atoms with E-state index in [-0.39, 0.29) is 11.0 Å². The minimum atomic E-state index is -0.277. The summed E-state index contributed by atoms with van der Waals surface area (Å²) < 4.78 is 10.9. The molecule has 2 rings (SSSR count). The van der Waals surface area contributed by atoms with Crippen molar-refractivity contribution < 1.29 is 13.9 Å². The first-order chi connectivity index (χ1) is 11.5. The average Bonchev–Trinajstić information content (AvgIpc) is 3.06. The van der Waals surface area contributed by atoms with Crippen LogP contribution >= 0.6 is 12.2 Å². The smallest absolute Gasteiger partial charge is 0.257 e. The van der Waals surface area contributed by atoms with Gasteiger partial charge >= 0.3 is 0 Å². The van der Waals surface area contributed by atoms with Gasteiger partial charge in [0.1, 0.15) is 11.5 Å². The number of ether oxygens (including phenoxy) is 1. The van der Waals surface area contributed by atoms with E-state index in [0.717, 1.165) is 12.2 Å². The van der Waals surface area contributed by atoms with Gasteiger partial charge in [-0.3, -0.25) is 10.1 Å². The van der Waals surface area contributed by atoms with Gasteiger partial charge in [0.2, 0.25) is 0 Å². The van der Waals surface area contributed by atoms with Crippen LogP contribution in [0.15, 0.2) is 47.1 Å². The van der Waals surface area contributed by atoms with E-state index < -0.39 is 0 Å². The molecule has 1 amide bonds. The summed E-state index contributed by atoms with van der Waals surface area (Å²) in [6.07, 6.45) is 2.56. The summed E-state index contributed by atoms with van der Waals surface area (Å²) in [7, 11) is 0. The van der Waals surface area contributed by atoms with Crippen molar-refractivity contribution in [2.45, 2.75) is 26.8 Å². The number of carbonyl (C=O) groups is 1. The van der Waals surface area contributed by atoms with Gasteiger partial charge in [-0.2, -0.15) is 0 Å². The Morgan fingerprint density at radius 1 is 1.29 bits per heavy atom. The Hall–Kier alpha value is -2.34. The zero-order valence-corrected chi connectivity index (χ0v) is 14.7. The van der Waals surface area contributed by atoms with Gasteiger partial charge in [-0.05, 0) is 54.9 Å². The van der Waals surface area contributed by atoms with Gasteiger partial charge in [0, 0.05) is 5.56 Å². The predicted molar refractivity (Wildman–Crippen MR) is 97.0 cm³/mol. The van der Waals surface area contributed by atoms with Gasteiger partial charge in [0.05, 0.1) is 19.4 Å². The lowest BCUT2D eigenvalue weighted by molar-refractivity contribution is 0.0976. The molecule has 0 atom stereocenters. The van der Waals surface area contributed by atoms with Crippen molar-refractivity contribution in [2.24, 2.45) is 5.92 Å². The molecule has 1 heterocycles. The number of hydrogen-bond acceptors (Lipinski definition) is 4. The number of nitrogens with one attached hydrogen (secondary N) is 2. The molecule has 5 nitrogen and oxygen atoms in total. The topological polar surface area (TPSA) is 63.5 Å². The van der Waals surface area contributed by atoms with Crippen LogP contribution in [0, 0.1) is 5.92 Å². The van der Waals surface area contributed by atoms with E-state index in [9.17, 15) is 4.79 Å². The molecule has 0 bridgehead atoms. The van der Waals surface area contributed by atoms with Crippen molar-refractivity contribution in [1.82, 2.24) is 10.6 Å². The molecule has 0 spiro atoms. The van der Waals surface area contributed by atoms with E-state index >= 15 is 0 Å². The molecule has 1 aromatic heterocycles. The number of carbonyl (C=O) groups excluding carboxylic acids is 1. The number of furan rings is 1. The van der Waals surface area contributed by atoms with Gasteiger partial charge < -0.3 is 14.5 Å². The van der Waals surface area contributed by atoms with Crippen molar-refractivity contribution in [1.29, 1.82) is 0 Å². The number of hydrogen-bond donors (Lipinski definition) is 2. The molecular weight excluding hydrogens is 324 g/mol. The van der Waals surface area contributed by atoms with Crippen molar-refractivity contribution >= 4 is 23.2 Å². The van der Waals surface area contributed by atoms with E-state index in [2.05, 4.69) is 24.5 Å². The molecule has 0 fully saturated rings. The van der Waals surface area contributed by atoms with Crippen molar-refractivity contribution in [2.75, 3.05) is 6.61 Å². The van der Waals surface area contributed by atoms with Crippen LogP contribution in [0.3, 0.4) is 0 Å². The molecule has 2 N–H and O–H groups in total. The van der Waals surface area contributed by atoms with Crippen LogP contribution in [0.1, 0.15) is 36.4 Å². The molecule has 24 heavy (non-hydrogen) atoms. The van der Waals surface area contributed by atoms with E-state index in [4.69, 9.17) is 21.4 Å². The summed E-state index contributed by atoms with van der Waals surface area (Å²) in [5.74, 6) is 1.72. The van der Waals surface area contributed by atoms with Crippen LogP contribution in [0.2, 0.25) is 0 Å². The maximum absolute atomic E-state index is 12.2. The summed E-state index contributed by atoms with van der Waals surface area (Å²) in [6.45, 7) is 5.34. The van der Waals surface area contributed by atoms with Crippen LogP contribution in [-0.4, -0.2) is 17.6 Å². The van der Waals surface area contributed by atoms with Gasteiger partial charge in [-0.25, -0.2) is 0 Å². The molecule has 0 unspecified atom stereocenters. The molecule has 2 aromatic rings. The molecule has 128 valence electrons. The first kappa shape index (κ1) is 18.0. The van der Waals surface area contributed by atoms with Crippen molar-refractivity contribution in [3.63, 3.8) is 0 Å². The maximum Gasteiger partial charge on any atom is 0.257 e. The van der Waals surface area contributed by atoms with Gasteiger partial charge in [0.15, 0.2) is 5.11 Å². The third kappa shape index (κ3) is 6.04. The fraction of sp³-hybridized carbons (Fsp3) is 0.333. The number of rotatable bonds is 7. The first-order valence-corrected chi connectivity index (χ1v) is 8.30. The molecule has 0 aliphatic heterocycles. The molecular formula is C18H22N2O3S. The lowest BCUT2D eigenvalue weighted by atomic mass is 10.1. The van der Waals surface area contributed by atoms with Crippen LogP contribution in [0.5, 0.6) is 5.75 Å². The highest BCUT2D eigenvalue weighted by Crippen LogP contribution is 2.14. The van der Waals surface area contributed by atoms with Crippen LogP contribution in [-0.2, 0) is 6.54 Å². The molecule has 0 aliphatic rings. The maximum atomic E-state index is 12.2. The van der Waals surface area contributed by atoms with E-state index in [0.29, 0.717) is 30.4 Å². The molecule has 0 radical (unpaired) electrons. The Morgan fingerprint density at radius 3 is 2.83 bits per heavy atom. The second-order valence-electron chi connectivity index (χ2n) is 5.77. The summed E-state index contributed by atoms with van der Waals surface area (Å²) in [6, 6.07) is 10.7. The fourth-order valence-corrected chi connectivity index (χ4v) is 2.10. The van der Waals surface area contributed by atoms with Crippen molar-refractivity contribution in [3.05, 3.63) is 54.0 Å². The third-order valence-electron chi connectivity index (χ3n) is 3.29. The molecule has 0 aliphatic carbocycles. The highest BCUT2D eigenvalue weighted by atomic mass is 32.1. The highest BCUT2D eigenvalue weighted by molar-refractivity contribution is 7.80. The van der Waals surface area contributed by atoms with Crippen LogP contribution in [0.25, 0.3) is 0 Å². The molecule has 0 saturated carbocycles. The standard InChI is InChI=1S/C18H22N2O3S/c1-13(2)8-10-23-15-6-3-5-14(11-15)17(21)20-18(24)19-12-16-7-4-9-22-16/h3-7,9,11,13H,8,10,12H2,1-2H3,(H2,19,20,21,24). The zero-order chi connectivity index (χ0) is 17.4. The number of amides is 1. The first-order valence-electron chi connectivity index (χ1n) is 7.89.